The number of aromatic amines is 2. The molecule has 0 aliphatic heterocycles. The number of aromatic nitrogens is 3. The van der Waals surface area contributed by atoms with Crippen LogP contribution in [0.15, 0.2) is 29.2 Å². The van der Waals surface area contributed by atoms with E-state index in [4.69, 9.17) is 0 Å². The van der Waals surface area contributed by atoms with Gasteiger partial charge in [-0.2, -0.15) is 5.10 Å². The van der Waals surface area contributed by atoms with Crippen LogP contribution in [-0.2, 0) is 4.79 Å². The topological polar surface area (TPSA) is 122 Å². The number of benzene rings is 1. The zero-order chi connectivity index (χ0) is 15.0. The fraction of sp³-hybridized carbons (Fsp3) is 0.214. The van der Waals surface area contributed by atoms with Crippen LogP contribution in [0.25, 0.3) is 21.8 Å². The molecule has 3 rings (SSSR count). The predicted molar refractivity (Wildman–Crippen MR) is 73.4 cm³/mol. The van der Waals surface area contributed by atoms with E-state index in [-0.39, 0.29) is 48.0 Å². The Morgan fingerprint density at radius 1 is 1.36 bits per heavy atom. The molecule has 2 aromatic heterocycles. The molecule has 1 atom stereocenters. The van der Waals surface area contributed by atoms with Gasteiger partial charge in [-0.15, -0.1) is 0 Å². The molecule has 0 saturated heterocycles. The Morgan fingerprint density at radius 3 is 2.86 bits per heavy atom. The Hall–Kier alpha value is -1.67. The van der Waals surface area contributed by atoms with Crippen molar-refractivity contribution < 1.29 is 44.6 Å². The van der Waals surface area contributed by atoms with Crippen molar-refractivity contribution in [3.05, 3.63) is 40.3 Å². The van der Waals surface area contributed by atoms with E-state index in [9.17, 15) is 19.8 Å². The number of nitrogens with one attached hydrogen (secondary N) is 2. The minimum absolute atomic E-state index is 0. The van der Waals surface area contributed by atoms with Crippen LogP contribution < -0.4 is 40.2 Å². The number of carbonyl (C=O) groups excluding carboxylic acids is 1. The maximum absolute atomic E-state index is 11.9. The predicted octanol–water partition coefficient (Wildman–Crippen LogP) is -3.03. The summed E-state index contributed by atoms with van der Waals surface area (Å²) >= 11 is 0. The van der Waals surface area contributed by atoms with Crippen LogP contribution in [0, 0.1) is 0 Å². The fourth-order valence-electron chi connectivity index (χ4n) is 2.41. The largest absolute Gasteiger partial charge is 1.00 e. The maximum atomic E-state index is 11.9. The molecule has 108 valence electrons. The van der Waals surface area contributed by atoms with E-state index < -0.39 is 12.1 Å². The first-order valence-corrected chi connectivity index (χ1v) is 6.43. The van der Waals surface area contributed by atoms with Crippen LogP contribution in [0.2, 0.25) is 0 Å². The first-order chi connectivity index (χ1) is 10.1. The van der Waals surface area contributed by atoms with E-state index in [1.807, 2.05) is 0 Å². The van der Waals surface area contributed by atoms with Gasteiger partial charge in [0, 0.05) is 16.9 Å². The molecule has 3 N–H and O–H groups in total. The molecule has 8 heteroatoms. The maximum Gasteiger partial charge on any atom is 1.00 e. The summed E-state index contributed by atoms with van der Waals surface area (Å²) in [6.45, 7) is 0. The molecule has 2 heterocycles. The van der Waals surface area contributed by atoms with Crippen LogP contribution in [0.1, 0.15) is 24.5 Å². The number of rotatable bonds is 4. The molecule has 3 aromatic rings. The zero-order valence-corrected chi connectivity index (χ0v) is 13.9. The standard InChI is InChI=1S/C14H13N3O4.Na/c18-11(3-4-12(19)20)7-1-2-9-8(5-7)13-10(16-9)6-15-17-14(13)21;/h1-2,5-6,11,16,18H,3-4H2,(H,17,21)(H,19,20);/q;+1/p-1. The van der Waals surface area contributed by atoms with Gasteiger partial charge in [-0.3, -0.25) is 4.79 Å². The molecule has 0 fully saturated rings. The average molecular weight is 309 g/mol. The SMILES string of the molecule is O=C([O-])CCC(O)c1ccc2[nH]c3cn[nH]c(=O)c3c2c1.[Na+]. The number of H-pyrrole nitrogens is 2. The van der Waals surface area contributed by atoms with Crippen molar-refractivity contribution in [1.29, 1.82) is 0 Å². The van der Waals surface area contributed by atoms with Gasteiger partial charge >= 0.3 is 29.6 Å². The quantitative estimate of drug-likeness (QED) is 0.443. The first-order valence-electron chi connectivity index (χ1n) is 6.43. The van der Waals surface area contributed by atoms with Crippen molar-refractivity contribution in [2.24, 2.45) is 0 Å². The van der Waals surface area contributed by atoms with Gasteiger partial charge in [-0.05, 0) is 30.5 Å². The van der Waals surface area contributed by atoms with Gasteiger partial charge in [0.25, 0.3) is 5.56 Å². The van der Waals surface area contributed by atoms with Gasteiger partial charge in [-0.1, -0.05) is 6.07 Å². The van der Waals surface area contributed by atoms with Crippen molar-refractivity contribution in [3.63, 3.8) is 0 Å². The minimum Gasteiger partial charge on any atom is -0.550 e. The number of aliphatic carboxylic acids is 1. The third-order valence-corrected chi connectivity index (χ3v) is 3.45. The number of aliphatic hydroxyl groups is 1. The van der Waals surface area contributed by atoms with E-state index in [2.05, 4.69) is 15.2 Å². The molecule has 0 amide bonds. The molecule has 0 aliphatic rings. The van der Waals surface area contributed by atoms with E-state index in [1.54, 1.807) is 18.2 Å². The smallest absolute Gasteiger partial charge is 0.550 e. The third-order valence-electron chi connectivity index (χ3n) is 3.45. The molecular formula is C14H12N3NaO4. The molecule has 22 heavy (non-hydrogen) atoms. The second-order valence-corrected chi connectivity index (χ2v) is 4.84. The summed E-state index contributed by atoms with van der Waals surface area (Å²) < 4.78 is 0. The van der Waals surface area contributed by atoms with Crippen LogP contribution in [0.4, 0.5) is 0 Å². The molecule has 0 bridgehead atoms. The summed E-state index contributed by atoms with van der Waals surface area (Å²) in [5.74, 6) is -1.20. The Labute approximate surface area is 146 Å². The number of carboxylic acid groups (broad SMARTS) is 1. The zero-order valence-electron chi connectivity index (χ0n) is 11.9. The molecule has 0 radical (unpaired) electrons. The number of carbonyl (C=O) groups is 1. The average Bonchev–Trinajstić information content (AvgIpc) is 2.83. The third kappa shape index (κ3) is 3.07. The summed E-state index contributed by atoms with van der Waals surface area (Å²) in [7, 11) is 0. The van der Waals surface area contributed by atoms with Crippen LogP contribution in [-0.4, -0.2) is 26.3 Å². The Balaban J connectivity index is 0.00000176. The normalized spacial score (nSPS) is 12.2. The molecule has 1 unspecified atom stereocenters. The van der Waals surface area contributed by atoms with Gasteiger partial charge in [-0.25, -0.2) is 5.10 Å². The number of carboxylic acids is 1. The number of nitrogens with zero attached hydrogens (tertiary/aromatic N) is 1. The van der Waals surface area contributed by atoms with Crippen LogP contribution >= 0.6 is 0 Å². The van der Waals surface area contributed by atoms with Crippen LogP contribution in [0.3, 0.4) is 0 Å². The van der Waals surface area contributed by atoms with Crippen molar-refractivity contribution in [2.75, 3.05) is 0 Å². The number of hydrogen-bond acceptors (Lipinski definition) is 5. The second-order valence-electron chi connectivity index (χ2n) is 4.84. The molecular weight excluding hydrogens is 297 g/mol. The summed E-state index contributed by atoms with van der Waals surface area (Å²) in [5, 5.41) is 27.7. The van der Waals surface area contributed by atoms with Crippen LogP contribution in [0.5, 0.6) is 0 Å². The summed E-state index contributed by atoms with van der Waals surface area (Å²) in [5.41, 5.74) is 1.59. The monoisotopic (exact) mass is 309 g/mol. The van der Waals surface area contributed by atoms with E-state index in [0.29, 0.717) is 21.9 Å². The van der Waals surface area contributed by atoms with Crippen molar-refractivity contribution in [1.82, 2.24) is 15.2 Å². The second kappa shape index (κ2) is 6.62. The molecule has 0 spiro atoms. The molecule has 7 nitrogen and oxygen atoms in total. The summed E-state index contributed by atoms with van der Waals surface area (Å²) in [6, 6.07) is 5.12. The minimum atomic E-state index is -1.20. The van der Waals surface area contributed by atoms with E-state index in [0.717, 1.165) is 5.52 Å². The Morgan fingerprint density at radius 2 is 2.14 bits per heavy atom. The fourth-order valence-corrected chi connectivity index (χ4v) is 2.41. The van der Waals surface area contributed by atoms with E-state index >= 15 is 0 Å². The van der Waals surface area contributed by atoms with Crippen molar-refractivity contribution in [3.8, 4) is 0 Å². The Bertz CT molecular complexity index is 887. The first kappa shape index (κ1) is 16.7. The van der Waals surface area contributed by atoms with Crippen molar-refractivity contribution in [2.45, 2.75) is 18.9 Å². The summed E-state index contributed by atoms with van der Waals surface area (Å²) in [6.07, 6.45) is 0.437. The van der Waals surface area contributed by atoms with Gasteiger partial charge in [0.15, 0.2) is 0 Å². The number of aliphatic hydroxyl groups excluding tert-OH is 1. The molecule has 0 aliphatic carbocycles. The summed E-state index contributed by atoms with van der Waals surface area (Å²) in [4.78, 5) is 25.4. The van der Waals surface area contributed by atoms with Gasteiger partial charge in [0.05, 0.1) is 23.2 Å². The number of fused-ring (bicyclic) bond motifs is 3. The molecule has 1 aromatic carbocycles. The van der Waals surface area contributed by atoms with Gasteiger partial charge in [0.1, 0.15) is 0 Å². The molecule has 0 saturated carbocycles. The van der Waals surface area contributed by atoms with Gasteiger partial charge < -0.3 is 20.0 Å². The van der Waals surface area contributed by atoms with Gasteiger partial charge in [0.2, 0.25) is 0 Å². The number of hydrogen-bond donors (Lipinski definition) is 3. The Kier molecular flexibility index (Phi) is 5.02. The van der Waals surface area contributed by atoms with E-state index in [1.165, 1.54) is 6.20 Å². The van der Waals surface area contributed by atoms with Crippen molar-refractivity contribution >= 4 is 27.8 Å².